The number of piperidine rings is 1. The molecule has 4 heterocycles. The van der Waals surface area contributed by atoms with E-state index < -0.39 is 0 Å². The highest BCUT2D eigenvalue weighted by atomic mass is 35.5. The van der Waals surface area contributed by atoms with Crippen LogP contribution >= 0.6 is 36.2 Å². The Morgan fingerprint density at radius 3 is 2.86 bits per heavy atom. The lowest BCUT2D eigenvalue weighted by Gasteiger charge is -2.40. The lowest BCUT2D eigenvalue weighted by molar-refractivity contribution is -0.135. The number of hydrogen-bond donors (Lipinski definition) is 1. The molecule has 2 aliphatic heterocycles. The summed E-state index contributed by atoms with van der Waals surface area (Å²) in [5.74, 6) is 0.0396. The van der Waals surface area contributed by atoms with E-state index in [2.05, 4.69) is 20.3 Å². The molecule has 2 saturated heterocycles. The van der Waals surface area contributed by atoms with Gasteiger partial charge in [0.05, 0.1) is 12.7 Å². The Bertz CT molecular complexity index is 806. The van der Waals surface area contributed by atoms with Crippen LogP contribution in [0.2, 0.25) is 0 Å². The Morgan fingerprint density at radius 1 is 1.25 bits per heavy atom. The Kier molecular flexibility index (Phi) is 8.11. The fraction of sp³-hybridized carbons (Fsp3) is 0.471. The predicted molar refractivity (Wildman–Crippen MR) is 111 cm³/mol. The highest BCUT2D eigenvalue weighted by molar-refractivity contribution is 7.13. The van der Waals surface area contributed by atoms with E-state index in [1.165, 1.54) is 11.3 Å². The van der Waals surface area contributed by atoms with Crippen LogP contribution in [-0.4, -0.2) is 75.3 Å². The molecule has 0 aliphatic carbocycles. The van der Waals surface area contributed by atoms with Crippen LogP contribution in [0.5, 0.6) is 0 Å². The van der Waals surface area contributed by atoms with E-state index in [1.807, 2.05) is 9.80 Å². The largest absolute Gasteiger partial charge is 0.336 e. The molecule has 152 valence electrons. The SMILES string of the molecule is Cl.Cl.O=C(c1csc(-c2cnccn2)n1)N1CCCC(N2CCNCC2=O)C1. The molecule has 4 rings (SSSR count). The molecule has 0 bridgehead atoms. The zero-order valence-electron chi connectivity index (χ0n) is 15.1. The van der Waals surface area contributed by atoms with E-state index in [9.17, 15) is 9.59 Å². The lowest BCUT2D eigenvalue weighted by atomic mass is 10.0. The van der Waals surface area contributed by atoms with Crippen LogP contribution in [0.25, 0.3) is 10.7 Å². The zero-order chi connectivity index (χ0) is 17.9. The number of rotatable bonds is 3. The van der Waals surface area contributed by atoms with Gasteiger partial charge in [0, 0.05) is 50.0 Å². The van der Waals surface area contributed by atoms with Gasteiger partial charge in [0.1, 0.15) is 16.4 Å². The smallest absolute Gasteiger partial charge is 0.273 e. The second-order valence-corrected chi connectivity index (χ2v) is 7.30. The van der Waals surface area contributed by atoms with Crippen molar-refractivity contribution in [1.29, 1.82) is 0 Å². The monoisotopic (exact) mass is 444 g/mol. The molecule has 1 atom stereocenters. The summed E-state index contributed by atoms with van der Waals surface area (Å²) in [6.45, 7) is 3.18. The molecule has 0 aromatic carbocycles. The Morgan fingerprint density at radius 2 is 2.11 bits per heavy atom. The second-order valence-electron chi connectivity index (χ2n) is 6.44. The molecule has 8 nitrogen and oxygen atoms in total. The van der Waals surface area contributed by atoms with E-state index in [0.29, 0.717) is 42.6 Å². The second kappa shape index (κ2) is 10.1. The molecule has 2 amide bonds. The van der Waals surface area contributed by atoms with Crippen molar-refractivity contribution in [2.45, 2.75) is 18.9 Å². The Hall–Kier alpha value is -1.81. The molecule has 1 unspecified atom stereocenters. The number of halogens is 2. The third-order valence-corrected chi connectivity index (χ3v) is 5.62. The number of likely N-dealkylation sites (tertiary alicyclic amines) is 1. The van der Waals surface area contributed by atoms with E-state index in [-0.39, 0.29) is 42.7 Å². The van der Waals surface area contributed by atoms with Crippen LogP contribution in [0.1, 0.15) is 23.3 Å². The minimum Gasteiger partial charge on any atom is -0.336 e. The van der Waals surface area contributed by atoms with Gasteiger partial charge >= 0.3 is 0 Å². The van der Waals surface area contributed by atoms with Crippen molar-refractivity contribution in [3.8, 4) is 10.7 Å². The van der Waals surface area contributed by atoms with Gasteiger partial charge in [-0.1, -0.05) is 0 Å². The van der Waals surface area contributed by atoms with Crippen molar-refractivity contribution >= 4 is 48.0 Å². The first-order valence-electron chi connectivity index (χ1n) is 8.74. The van der Waals surface area contributed by atoms with Gasteiger partial charge in [0.25, 0.3) is 5.91 Å². The molecule has 1 N–H and O–H groups in total. The molecular weight excluding hydrogens is 423 g/mol. The molecule has 2 aromatic rings. The van der Waals surface area contributed by atoms with Crippen LogP contribution in [0.4, 0.5) is 0 Å². The van der Waals surface area contributed by atoms with Crippen LogP contribution in [0.15, 0.2) is 24.0 Å². The van der Waals surface area contributed by atoms with Crippen LogP contribution < -0.4 is 5.32 Å². The summed E-state index contributed by atoms with van der Waals surface area (Å²) in [5.41, 5.74) is 1.10. The molecule has 0 saturated carbocycles. The van der Waals surface area contributed by atoms with Gasteiger partial charge in [-0.25, -0.2) is 4.98 Å². The van der Waals surface area contributed by atoms with Gasteiger partial charge in [-0.05, 0) is 12.8 Å². The maximum absolute atomic E-state index is 12.9. The normalized spacial score (nSPS) is 19.6. The number of carbonyl (C=O) groups excluding carboxylic acids is 2. The van der Waals surface area contributed by atoms with Crippen molar-refractivity contribution in [2.75, 3.05) is 32.7 Å². The summed E-state index contributed by atoms with van der Waals surface area (Å²) in [6.07, 6.45) is 6.69. The summed E-state index contributed by atoms with van der Waals surface area (Å²) in [7, 11) is 0. The molecule has 2 fully saturated rings. The van der Waals surface area contributed by atoms with E-state index in [1.54, 1.807) is 24.0 Å². The van der Waals surface area contributed by atoms with E-state index >= 15 is 0 Å². The highest BCUT2D eigenvalue weighted by Crippen LogP contribution is 2.23. The minimum atomic E-state index is -0.0799. The number of aromatic nitrogens is 3. The van der Waals surface area contributed by atoms with Gasteiger partial charge in [0.2, 0.25) is 5.91 Å². The molecule has 11 heteroatoms. The van der Waals surface area contributed by atoms with Gasteiger partial charge in [-0.2, -0.15) is 0 Å². The van der Waals surface area contributed by atoms with E-state index in [4.69, 9.17) is 0 Å². The fourth-order valence-electron chi connectivity index (χ4n) is 3.46. The molecule has 2 aromatic heterocycles. The number of nitrogens with zero attached hydrogens (tertiary/aromatic N) is 5. The zero-order valence-corrected chi connectivity index (χ0v) is 17.6. The highest BCUT2D eigenvalue weighted by Gasteiger charge is 2.32. The van der Waals surface area contributed by atoms with Crippen LogP contribution in [0.3, 0.4) is 0 Å². The average molecular weight is 445 g/mol. The van der Waals surface area contributed by atoms with Crippen LogP contribution in [0, 0.1) is 0 Å². The summed E-state index contributed by atoms with van der Waals surface area (Å²) in [6, 6.07) is 0.0976. The van der Waals surface area contributed by atoms with Gasteiger partial charge in [-0.3, -0.25) is 19.6 Å². The Balaban J connectivity index is 0.00000140. The Labute approximate surface area is 179 Å². The topological polar surface area (TPSA) is 91.3 Å². The number of piperazine rings is 1. The molecule has 0 radical (unpaired) electrons. The average Bonchev–Trinajstić information content (AvgIpc) is 3.19. The fourth-order valence-corrected chi connectivity index (χ4v) is 4.22. The number of nitrogens with one attached hydrogen (secondary N) is 1. The van der Waals surface area contributed by atoms with Gasteiger partial charge in [-0.15, -0.1) is 36.2 Å². The van der Waals surface area contributed by atoms with Crippen LogP contribution in [-0.2, 0) is 4.79 Å². The quantitative estimate of drug-likeness (QED) is 0.770. The lowest BCUT2D eigenvalue weighted by Crippen LogP contribution is -2.57. The summed E-state index contributed by atoms with van der Waals surface area (Å²) in [4.78, 5) is 41.5. The maximum Gasteiger partial charge on any atom is 0.273 e. The van der Waals surface area contributed by atoms with Crippen molar-refractivity contribution in [3.05, 3.63) is 29.7 Å². The minimum absolute atomic E-state index is 0. The molecule has 28 heavy (non-hydrogen) atoms. The van der Waals surface area contributed by atoms with Crippen molar-refractivity contribution in [2.24, 2.45) is 0 Å². The molecule has 2 aliphatic rings. The summed E-state index contributed by atoms with van der Waals surface area (Å²) in [5, 5.41) is 5.55. The first kappa shape index (κ1) is 22.5. The van der Waals surface area contributed by atoms with Crippen molar-refractivity contribution < 1.29 is 9.59 Å². The first-order chi connectivity index (χ1) is 12.7. The first-order valence-corrected chi connectivity index (χ1v) is 9.62. The maximum atomic E-state index is 12.9. The number of hydrogen-bond acceptors (Lipinski definition) is 7. The number of thiazole rings is 1. The summed E-state index contributed by atoms with van der Waals surface area (Å²) >= 11 is 1.39. The molecular formula is C17H22Cl2N6O2S. The van der Waals surface area contributed by atoms with Gasteiger partial charge in [0.15, 0.2) is 0 Å². The number of carbonyl (C=O) groups is 2. The summed E-state index contributed by atoms with van der Waals surface area (Å²) < 4.78 is 0. The third kappa shape index (κ3) is 4.78. The van der Waals surface area contributed by atoms with Crippen molar-refractivity contribution in [1.82, 2.24) is 30.1 Å². The standard InChI is InChI=1S/C17H20N6O2S.2ClH/c24-15-9-19-5-7-23(15)12-2-1-6-22(10-12)17(25)14-11-26-16(21-14)13-8-18-3-4-20-13;;/h3-4,8,11-12,19H,1-2,5-7,9-10H2;2*1H. The van der Waals surface area contributed by atoms with Crippen molar-refractivity contribution in [3.63, 3.8) is 0 Å². The van der Waals surface area contributed by atoms with E-state index in [0.717, 1.165) is 19.4 Å². The third-order valence-electron chi connectivity index (χ3n) is 4.76. The predicted octanol–water partition coefficient (Wildman–Crippen LogP) is 1.48. The number of amides is 2. The van der Waals surface area contributed by atoms with Gasteiger partial charge < -0.3 is 15.1 Å². The molecule has 0 spiro atoms.